The van der Waals surface area contributed by atoms with Crippen molar-refractivity contribution in [3.05, 3.63) is 46.4 Å². The topological polar surface area (TPSA) is 145 Å². The van der Waals surface area contributed by atoms with Crippen LogP contribution in [-0.2, 0) is 10.0 Å². The molecular formula is C14H13Cl2N5O3S2. The lowest BCUT2D eigenvalue weighted by Gasteiger charge is -2.22. The van der Waals surface area contributed by atoms with Gasteiger partial charge < -0.3 is 16.8 Å². The van der Waals surface area contributed by atoms with Gasteiger partial charge in [-0.1, -0.05) is 23.2 Å². The summed E-state index contributed by atoms with van der Waals surface area (Å²) in [5, 5.41) is 8.00. The third kappa shape index (κ3) is 4.54. The number of sulfonamides is 1. The number of primary amides is 1. The van der Waals surface area contributed by atoms with Gasteiger partial charge in [0.25, 0.3) is 0 Å². The fourth-order valence-electron chi connectivity index (χ4n) is 2.16. The number of anilines is 3. The van der Waals surface area contributed by atoms with Crippen LogP contribution in [0, 0.1) is 0 Å². The van der Waals surface area contributed by atoms with Gasteiger partial charge in [-0.2, -0.15) is 0 Å². The molecule has 2 aromatic rings. The van der Waals surface area contributed by atoms with Crippen LogP contribution in [0.15, 0.2) is 41.3 Å². The SMILES string of the molecule is NC(=O)N(c1ccc(Cl)c(Cl)c1)c1ccc(S(N)(=O)=O)c(NC(N)=S)c1. The van der Waals surface area contributed by atoms with E-state index in [9.17, 15) is 13.2 Å². The molecule has 7 N–H and O–H groups in total. The highest BCUT2D eigenvalue weighted by atomic mass is 35.5. The van der Waals surface area contributed by atoms with E-state index in [2.05, 4.69) is 5.32 Å². The standard InChI is InChI=1S/C14H13Cl2N5O3S2/c15-9-3-1-7(5-10(9)16)21(14(18)22)8-2-4-12(26(19,23)24)11(6-8)20-13(17)25/h1-6H,(H2,18,22)(H3,17,20,25)(H2,19,23,24). The molecule has 0 spiro atoms. The molecule has 138 valence electrons. The second-order valence-corrected chi connectivity index (χ2v) is 7.77. The lowest BCUT2D eigenvalue weighted by Crippen LogP contribution is -2.31. The van der Waals surface area contributed by atoms with Crippen LogP contribution in [-0.4, -0.2) is 19.6 Å². The molecular weight excluding hydrogens is 421 g/mol. The number of nitrogens with zero attached hydrogens (tertiary/aromatic N) is 1. The number of nitrogens with two attached hydrogens (primary N) is 3. The summed E-state index contributed by atoms with van der Waals surface area (Å²) in [5.74, 6) is 0. The molecule has 8 nitrogen and oxygen atoms in total. The van der Waals surface area contributed by atoms with Gasteiger partial charge in [-0.05, 0) is 48.6 Å². The van der Waals surface area contributed by atoms with Crippen LogP contribution >= 0.6 is 35.4 Å². The number of benzene rings is 2. The average Bonchev–Trinajstić information content (AvgIpc) is 2.49. The fourth-order valence-corrected chi connectivity index (χ4v) is 3.24. The molecule has 0 fully saturated rings. The lowest BCUT2D eigenvalue weighted by molar-refractivity contribution is 0.256. The monoisotopic (exact) mass is 433 g/mol. The first kappa shape index (κ1) is 20.2. The third-order valence-electron chi connectivity index (χ3n) is 3.17. The summed E-state index contributed by atoms with van der Waals surface area (Å²) in [6.07, 6.45) is 0. The molecule has 0 aromatic heterocycles. The number of nitrogens with one attached hydrogen (secondary N) is 1. The molecule has 0 aliphatic carbocycles. The van der Waals surface area contributed by atoms with Crippen LogP contribution in [0.4, 0.5) is 21.9 Å². The molecule has 0 aliphatic heterocycles. The predicted molar refractivity (Wildman–Crippen MR) is 106 cm³/mol. The molecule has 0 saturated heterocycles. The second-order valence-electron chi connectivity index (χ2n) is 4.99. The van der Waals surface area contributed by atoms with Crippen LogP contribution in [0.5, 0.6) is 0 Å². The van der Waals surface area contributed by atoms with Crippen LogP contribution in [0.25, 0.3) is 0 Å². The number of carbonyl (C=O) groups excluding carboxylic acids is 1. The number of carbonyl (C=O) groups is 1. The minimum absolute atomic E-state index is 0.0104. The van der Waals surface area contributed by atoms with Gasteiger partial charge in [-0.3, -0.25) is 4.90 Å². The van der Waals surface area contributed by atoms with Crippen molar-refractivity contribution in [2.24, 2.45) is 16.6 Å². The summed E-state index contributed by atoms with van der Waals surface area (Å²) in [7, 11) is -4.07. The molecule has 12 heteroatoms. The minimum atomic E-state index is -4.07. The maximum Gasteiger partial charge on any atom is 0.323 e. The van der Waals surface area contributed by atoms with E-state index in [0.717, 1.165) is 4.90 Å². The summed E-state index contributed by atoms with van der Waals surface area (Å²) in [6.45, 7) is 0. The molecule has 0 bridgehead atoms. The van der Waals surface area contributed by atoms with Crippen molar-refractivity contribution in [3.63, 3.8) is 0 Å². The van der Waals surface area contributed by atoms with E-state index in [4.69, 9.17) is 52.0 Å². The Balaban J connectivity index is 2.64. The first-order chi connectivity index (χ1) is 12.0. The zero-order valence-corrected chi connectivity index (χ0v) is 16.1. The molecule has 2 rings (SSSR count). The van der Waals surface area contributed by atoms with Gasteiger partial charge in [0.15, 0.2) is 5.11 Å². The van der Waals surface area contributed by atoms with Crippen LogP contribution in [0.2, 0.25) is 10.0 Å². The van der Waals surface area contributed by atoms with Crippen molar-refractivity contribution in [2.45, 2.75) is 4.90 Å². The maximum atomic E-state index is 12.0. The Kier molecular flexibility index (Phi) is 5.94. The number of primary sulfonamides is 1. The predicted octanol–water partition coefficient (Wildman–Crippen LogP) is 2.51. The largest absolute Gasteiger partial charge is 0.376 e. The van der Waals surface area contributed by atoms with Crippen LogP contribution < -0.4 is 26.8 Å². The number of halogens is 2. The average molecular weight is 434 g/mol. The van der Waals surface area contributed by atoms with Gasteiger partial charge in [-0.25, -0.2) is 18.4 Å². The number of urea groups is 1. The van der Waals surface area contributed by atoms with E-state index in [1.807, 2.05) is 0 Å². The van der Waals surface area contributed by atoms with Crippen molar-refractivity contribution in [1.82, 2.24) is 0 Å². The van der Waals surface area contributed by atoms with Gasteiger partial charge in [0.1, 0.15) is 4.90 Å². The van der Waals surface area contributed by atoms with Crippen LogP contribution in [0.1, 0.15) is 0 Å². The number of hydrogen-bond acceptors (Lipinski definition) is 4. The third-order valence-corrected chi connectivity index (χ3v) is 4.98. The van der Waals surface area contributed by atoms with Gasteiger partial charge in [0.05, 0.1) is 27.1 Å². The molecule has 2 amide bonds. The maximum absolute atomic E-state index is 12.0. The van der Waals surface area contributed by atoms with E-state index in [1.165, 1.54) is 36.4 Å². The zero-order valence-electron chi connectivity index (χ0n) is 12.9. The van der Waals surface area contributed by atoms with Gasteiger partial charge in [-0.15, -0.1) is 0 Å². The van der Waals surface area contributed by atoms with E-state index in [1.54, 1.807) is 0 Å². The van der Waals surface area contributed by atoms with E-state index in [-0.39, 0.29) is 26.4 Å². The van der Waals surface area contributed by atoms with Crippen molar-refractivity contribution in [3.8, 4) is 0 Å². The van der Waals surface area contributed by atoms with Gasteiger partial charge in [0, 0.05) is 0 Å². The van der Waals surface area contributed by atoms with E-state index in [0.29, 0.717) is 10.7 Å². The Labute approximate surface area is 164 Å². The highest BCUT2D eigenvalue weighted by Crippen LogP contribution is 2.34. The Morgan fingerprint density at radius 2 is 1.62 bits per heavy atom. The molecule has 0 unspecified atom stereocenters. The van der Waals surface area contributed by atoms with Crippen molar-refractivity contribution in [1.29, 1.82) is 0 Å². The number of thiocarbonyl (C=S) groups is 1. The minimum Gasteiger partial charge on any atom is -0.376 e. The molecule has 0 atom stereocenters. The Morgan fingerprint density at radius 1 is 1.04 bits per heavy atom. The van der Waals surface area contributed by atoms with Crippen molar-refractivity contribution < 1.29 is 13.2 Å². The molecule has 26 heavy (non-hydrogen) atoms. The van der Waals surface area contributed by atoms with Crippen LogP contribution in [0.3, 0.4) is 0 Å². The normalized spacial score (nSPS) is 11.0. The highest BCUT2D eigenvalue weighted by molar-refractivity contribution is 7.89. The summed E-state index contributed by atoms with van der Waals surface area (Å²) >= 11 is 16.6. The quantitative estimate of drug-likeness (QED) is 0.544. The highest BCUT2D eigenvalue weighted by Gasteiger charge is 2.21. The smallest absolute Gasteiger partial charge is 0.323 e. The number of rotatable bonds is 4. The molecule has 0 saturated carbocycles. The zero-order chi connectivity index (χ0) is 19.6. The molecule has 0 heterocycles. The van der Waals surface area contributed by atoms with Crippen molar-refractivity contribution in [2.75, 3.05) is 10.2 Å². The molecule has 0 aliphatic rings. The Bertz CT molecular complexity index is 998. The second kappa shape index (κ2) is 7.64. The van der Waals surface area contributed by atoms with E-state index < -0.39 is 16.1 Å². The first-order valence-electron chi connectivity index (χ1n) is 6.78. The Morgan fingerprint density at radius 3 is 2.12 bits per heavy atom. The summed E-state index contributed by atoms with van der Waals surface area (Å²) in [6, 6.07) is 7.45. The summed E-state index contributed by atoms with van der Waals surface area (Å²) in [4.78, 5) is 12.8. The number of hydrogen-bond donors (Lipinski definition) is 4. The molecule has 2 aromatic carbocycles. The lowest BCUT2D eigenvalue weighted by atomic mass is 10.2. The van der Waals surface area contributed by atoms with E-state index >= 15 is 0 Å². The summed E-state index contributed by atoms with van der Waals surface area (Å²) < 4.78 is 23.4. The summed E-state index contributed by atoms with van der Waals surface area (Å²) in [5.41, 5.74) is 11.4. The van der Waals surface area contributed by atoms with Crippen molar-refractivity contribution >= 4 is 73.6 Å². The van der Waals surface area contributed by atoms with Gasteiger partial charge in [0.2, 0.25) is 10.0 Å². The first-order valence-corrected chi connectivity index (χ1v) is 9.49. The fraction of sp³-hybridized carbons (Fsp3) is 0. The number of amides is 2. The Hall–Kier alpha value is -2.11. The van der Waals surface area contributed by atoms with Gasteiger partial charge >= 0.3 is 6.03 Å². The molecule has 0 radical (unpaired) electrons.